The van der Waals surface area contributed by atoms with Gasteiger partial charge in [-0.2, -0.15) is 0 Å². The first-order chi connectivity index (χ1) is 8.55. The van der Waals surface area contributed by atoms with E-state index >= 15 is 0 Å². The van der Waals surface area contributed by atoms with Crippen molar-refractivity contribution in [3.63, 3.8) is 0 Å². The van der Waals surface area contributed by atoms with Crippen molar-refractivity contribution in [2.75, 3.05) is 7.11 Å². The van der Waals surface area contributed by atoms with E-state index in [0.29, 0.717) is 0 Å². The van der Waals surface area contributed by atoms with E-state index in [2.05, 4.69) is 4.74 Å². The molecule has 0 bridgehead atoms. The number of ether oxygens (including phenoxy) is 1. The molecule has 0 aliphatic heterocycles. The van der Waals surface area contributed by atoms with Gasteiger partial charge in [-0.05, 0) is 18.2 Å². The number of rotatable bonds is 3. The van der Waals surface area contributed by atoms with E-state index in [9.17, 15) is 13.2 Å². The number of hydrogen-bond acceptors (Lipinski definition) is 4. The zero-order chi connectivity index (χ0) is 13.2. The Morgan fingerprint density at radius 2 is 1.83 bits per heavy atom. The van der Waals surface area contributed by atoms with Gasteiger partial charge in [-0.1, -0.05) is 18.2 Å². The summed E-state index contributed by atoms with van der Waals surface area (Å²) < 4.78 is 29.9. The largest absolute Gasteiger partial charge is 0.465 e. The van der Waals surface area contributed by atoms with Crippen molar-refractivity contribution in [1.29, 1.82) is 0 Å². The molecule has 0 fully saturated rings. The van der Waals surface area contributed by atoms with Crippen molar-refractivity contribution in [2.45, 2.75) is 4.90 Å². The average molecular weight is 265 g/mol. The van der Waals surface area contributed by atoms with Crippen LogP contribution in [0.3, 0.4) is 0 Å². The Morgan fingerprint density at radius 1 is 1.17 bits per heavy atom. The Balaban J connectivity index is 2.43. The van der Waals surface area contributed by atoms with Crippen LogP contribution in [0.2, 0.25) is 0 Å². The molecular weight excluding hydrogens is 254 g/mol. The molecule has 0 amide bonds. The minimum Gasteiger partial charge on any atom is -0.465 e. The summed E-state index contributed by atoms with van der Waals surface area (Å²) in [5.41, 5.74) is 0.192. The smallest absolute Gasteiger partial charge is 0.339 e. The molecule has 5 nitrogen and oxygen atoms in total. The molecule has 2 aromatic rings. The van der Waals surface area contributed by atoms with Gasteiger partial charge in [0.15, 0.2) is 0 Å². The molecule has 0 spiro atoms. The molecule has 0 radical (unpaired) electrons. The predicted octanol–water partition coefficient (Wildman–Crippen LogP) is 1.51. The molecule has 0 aliphatic rings. The average Bonchev–Trinajstić information content (AvgIpc) is 2.89. The molecule has 0 saturated heterocycles. The van der Waals surface area contributed by atoms with Crippen LogP contribution in [-0.4, -0.2) is 25.5 Å². The molecule has 2 rings (SSSR count). The van der Waals surface area contributed by atoms with Crippen LogP contribution in [-0.2, 0) is 14.8 Å². The van der Waals surface area contributed by atoms with Crippen molar-refractivity contribution < 1.29 is 17.9 Å². The summed E-state index contributed by atoms with van der Waals surface area (Å²) in [5, 5.41) is 0. The first-order valence-corrected chi connectivity index (χ1v) is 6.56. The van der Waals surface area contributed by atoms with Crippen molar-refractivity contribution >= 4 is 16.0 Å². The van der Waals surface area contributed by atoms with Crippen LogP contribution in [0, 0.1) is 0 Å². The second-order valence-electron chi connectivity index (χ2n) is 3.54. The fourth-order valence-electron chi connectivity index (χ4n) is 1.48. The molecule has 0 N–H and O–H groups in total. The molecule has 0 saturated carbocycles. The highest BCUT2D eigenvalue weighted by molar-refractivity contribution is 7.90. The number of benzene rings is 1. The fraction of sp³-hybridized carbons (Fsp3) is 0.0833. The molecule has 94 valence electrons. The summed E-state index contributed by atoms with van der Waals surface area (Å²) in [6.45, 7) is 0. The van der Waals surface area contributed by atoms with Gasteiger partial charge in [-0.3, -0.25) is 0 Å². The van der Waals surface area contributed by atoms with Crippen LogP contribution in [0.15, 0.2) is 53.7 Å². The molecule has 1 aromatic heterocycles. The van der Waals surface area contributed by atoms with Gasteiger partial charge in [0.2, 0.25) is 0 Å². The van der Waals surface area contributed by atoms with E-state index in [1.807, 2.05) is 0 Å². The van der Waals surface area contributed by atoms with Crippen LogP contribution in [0.1, 0.15) is 10.4 Å². The second-order valence-corrected chi connectivity index (χ2v) is 5.38. The quantitative estimate of drug-likeness (QED) is 0.789. The summed E-state index contributed by atoms with van der Waals surface area (Å²) >= 11 is 0. The minimum absolute atomic E-state index is 0.164. The number of aromatic nitrogens is 1. The summed E-state index contributed by atoms with van der Waals surface area (Å²) in [5.74, 6) is -0.572. The third-order valence-corrected chi connectivity index (χ3v) is 4.06. The lowest BCUT2D eigenvalue weighted by atomic mass is 10.3. The number of methoxy groups -OCH3 is 1. The topological polar surface area (TPSA) is 65.4 Å². The van der Waals surface area contributed by atoms with Gasteiger partial charge in [-0.15, -0.1) is 0 Å². The molecule has 0 unspecified atom stereocenters. The Bertz CT molecular complexity index is 658. The Hall–Kier alpha value is -2.08. The van der Waals surface area contributed by atoms with Gasteiger partial charge in [0.1, 0.15) is 0 Å². The number of hydrogen-bond donors (Lipinski definition) is 0. The summed E-state index contributed by atoms with van der Waals surface area (Å²) in [7, 11) is -2.41. The number of carbonyl (C=O) groups is 1. The lowest BCUT2D eigenvalue weighted by Crippen LogP contribution is -2.11. The lowest BCUT2D eigenvalue weighted by Gasteiger charge is -2.04. The number of nitrogens with zero attached hydrogens (tertiary/aromatic N) is 1. The summed E-state index contributed by atoms with van der Waals surface area (Å²) in [4.78, 5) is 11.4. The summed E-state index contributed by atoms with van der Waals surface area (Å²) in [6.07, 6.45) is 2.54. The monoisotopic (exact) mass is 265 g/mol. The highest BCUT2D eigenvalue weighted by Crippen LogP contribution is 2.14. The van der Waals surface area contributed by atoms with Gasteiger partial charge in [0.05, 0.1) is 17.6 Å². The van der Waals surface area contributed by atoms with E-state index in [-0.39, 0.29) is 10.5 Å². The first-order valence-electron chi connectivity index (χ1n) is 5.12. The standard InChI is InChI=1S/C12H11NO4S/c1-17-12(14)10-7-8-13(9-10)18(15,16)11-5-3-2-4-6-11/h2-9H,1H3. The number of carbonyl (C=O) groups excluding carboxylic acids is 1. The van der Waals surface area contributed by atoms with Gasteiger partial charge in [0, 0.05) is 12.4 Å². The molecule has 1 heterocycles. The molecule has 0 atom stereocenters. The first kappa shape index (κ1) is 12.4. The zero-order valence-corrected chi connectivity index (χ0v) is 10.4. The van der Waals surface area contributed by atoms with Gasteiger partial charge >= 0.3 is 5.97 Å². The van der Waals surface area contributed by atoms with E-state index < -0.39 is 16.0 Å². The van der Waals surface area contributed by atoms with Crippen molar-refractivity contribution in [1.82, 2.24) is 3.97 Å². The van der Waals surface area contributed by atoms with Crippen LogP contribution < -0.4 is 0 Å². The highest BCUT2D eigenvalue weighted by Gasteiger charge is 2.18. The van der Waals surface area contributed by atoms with Gasteiger partial charge in [-0.25, -0.2) is 17.2 Å². The van der Waals surface area contributed by atoms with Gasteiger partial charge < -0.3 is 4.74 Å². The van der Waals surface area contributed by atoms with Crippen LogP contribution >= 0.6 is 0 Å². The van der Waals surface area contributed by atoms with Crippen molar-refractivity contribution in [3.05, 3.63) is 54.4 Å². The van der Waals surface area contributed by atoms with E-state index in [4.69, 9.17) is 0 Å². The summed E-state index contributed by atoms with van der Waals surface area (Å²) in [6, 6.07) is 9.39. The lowest BCUT2D eigenvalue weighted by molar-refractivity contribution is 0.0601. The van der Waals surface area contributed by atoms with Crippen LogP contribution in [0.4, 0.5) is 0 Å². The predicted molar refractivity (Wildman–Crippen MR) is 64.8 cm³/mol. The van der Waals surface area contributed by atoms with Crippen molar-refractivity contribution in [3.8, 4) is 0 Å². The minimum atomic E-state index is -3.65. The molecular formula is C12H11NO4S. The Kier molecular flexibility index (Phi) is 3.20. The van der Waals surface area contributed by atoms with Crippen molar-refractivity contribution in [2.24, 2.45) is 0 Å². The molecule has 6 heteroatoms. The Labute approximate surface area is 105 Å². The molecule has 0 aliphatic carbocycles. The van der Waals surface area contributed by atoms with E-state index in [1.165, 1.54) is 37.7 Å². The Morgan fingerprint density at radius 3 is 2.44 bits per heavy atom. The molecule has 18 heavy (non-hydrogen) atoms. The third-order valence-electron chi connectivity index (χ3n) is 2.41. The van der Waals surface area contributed by atoms with E-state index in [1.54, 1.807) is 18.2 Å². The third kappa shape index (κ3) is 2.14. The zero-order valence-electron chi connectivity index (χ0n) is 9.61. The van der Waals surface area contributed by atoms with E-state index in [0.717, 1.165) is 3.97 Å². The molecule has 1 aromatic carbocycles. The normalized spacial score (nSPS) is 11.2. The van der Waals surface area contributed by atoms with Gasteiger partial charge in [0.25, 0.3) is 10.0 Å². The fourth-order valence-corrected chi connectivity index (χ4v) is 2.70. The van der Waals surface area contributed by atoms with Crippen LogP contribution in [0.5, 0.6) is 0 Å². The maximum atomic E-state index is 12.2. The maximum absolute atomic E-state index is 12.2. The number of esters is 1. The SMILES string of the molecule is COC(=O)c1ccn(S(=O)(=O)c2ccccc2)c1. The highest BCUT2D eigenvalue weighted by atomic mass is 32.2. The second kappa shape index (κ2) is 4.66. The maximum Gasteiger partial charge on any atom is 0.339 e. The van der Waals surface area contributed by atoms with Crippen LogP contribution in [0.25, 0.3) is 0 Å².